The minimum Gasteiger partial charge on any atom is -0.375 e. The lowest BCUT2D eigenvalue weighted by Gasteiger charge is -2.19. The van der Waals surface area contributed by atoms with E-state index in [1.165, 1.54) is 5.69 Å². The van der Waals surface area contributed by atoms with Crippen molar-refractivity contribution in [2.24, 2.45) is 12.0 Å². The molecule has 0 fully saturated rings. The molecular weight excluding hydrogens is 338 g/mol. The Bertz CT molecular complexity index is 694. The van der Waals surface area contributed by atoms with E-state index in [4.69, 9.17) is 0 Å². The zero-order valence-corrected chi connectivity index (χ0v) is 17.1. The van der Waals surface area contributed by atoms with Gasteiger partial charge in [0.25, 0.3) is 0 Å². The monoisotopic (exact) mass is 371 g/mol. The van der Waals surface area contributed by atoms with Gasteiger partial charge in [0.1, 0.15) is 12.4 Å². The molecule has 0 amide bonds. The Labute approximate surface area is 162 Å². The van der Waals surface area contributed by atoms with Gasteiger partial charge in [0.2, 0.25) is 0 Å². The average molecular weight is 372 g/mol. The molecule has 0 radical (unpaired) electrons. The number of unbranched alkanes of at least 4 members (excludes halogenated alkanes) is 1. The Morgan fingerprint density at radius 1 is 1.11 bits per heavy atom. The second-order valence-corrected chi connectivity index (χ2v) is 6.71. The molecule has 0 aliphatic carbocycles. The molecule has 0 aliphatic heterocycles. The summed E-state index contributed by atoms with van der Waals surface area (Å²) in [7, 11) is 4.09. The predicted octanol–water partition coefficient (Wildman–Crippen LogP) is 2.49. The summed E-state index contributed by atoms with van der Waals surface area (Å²) in [5, 5.41) is 15.1. The fourth-order valence-corrected chi connectivity index (χ4v) is 2.63. The van der Waals surface area contributed by atoms with Gasteiger partial charge >= 0.3 is 0 Å². The third-order valence-corrected chi connectivity index (χ3v) is 4.54. The zero-order chi connectivity index (χ0) is 19.5. The maximum atomic E-state index is 4.67. The van der Waals surface area contributed by atoms with E-state index in [1.54, 1.807) is 0 Å². The van der Waals surface area contributed by atoms with Crippen LogP contribution in [0.5, 0.6) is 0 Å². The highest BCUT2D eigenvalue weighted by atomic mass is 15.3. The van der Waals surface area contributed by atoms with E-state index in [0.29, 0.717) is 6.54 Å². The number of anilines is 1. The number of guanidine groups is 1. The van der Waals surface area contributed by atoms with Crippen molar-refractivity contribution in [2.45, 2.75) is 39.7 Å². The lowest BCUT2D eigenvalue weighted by Crippen LogP contribution is -2.39. The molecule has 0 spiro atoms. The zero-order valence-electron chi connectivity index (χ0n) is 17.1. The Morgan fingerprint density at radius 2 is 1.81 bits per heavy atom. The maximum Gasteiger partial charge on any atom is 0.191 e. The van der Waals surface area contributed by atoms with Crippen LogP contribution >= 0.6 is 0 Å². The quantitative estimate of drug-likeness (QED) is 0.381. The van der Waals surface area contributed by atoms with Crippen molar-refractivity contribution >= 4 is 11.6 Å². The minimum absolute atomic E-state index is 0.517. The molecule has 0 aliphatic rings. The summed E-state index contributed by atoms with van der Waals surface area (Å²) in [4.78, 5) is 6.94. The first-order valence-electron chi connectivity index (χ1n) is 9.75. The second-order valence-electron chi connectivity index (χ2n) is 6.71. The van der Waals surface area contributed by atoms with Crippen LogP contribution in [0.1, 0.15) is 37.8 Å². The van der Waals surface area contributed by atoms with Gasteiger partial charge in [0.15, 0.2) is 11.8 Å². The number of nitrogens with one attached hydrogen (secondary N) is 2. The van der Waals surface area contributed by atoms with Gasteiger partial charge in [-0.2, -0.15) is 0 Å². The summed E-state index contributed by atoms with van der Waals surface area (Å²) in [6, 6.07) is 10.5. The standard InChI is InChI=1S/C20H33N7/c1-5-6-13-21-20(23-16-19-25-24-17(2)27(19)4)22-14-10-15-26(3)18-11-8-7-9-12-18/h7-9,11-12H,5-6,10,13-16H2,1-4H3,(H2,21,22,23). The van der Waals surface area contributed by atoms with Crippen molar-refractivity contribution in [3.8, 4) is 0 Å². The van der Waals surface area contributed by atoms with Gasteiger partial charge in [-0.25, -0.2) is 4.99 Å². The highest BCUT2D eigenvalue weighted by Gasteiger charge is 2.05. The number of aliphatic imine (C=N–C) groups is 1. The van der Waals surface area contributed by atoms with E-state index in [-0.39, 0.29) is 0 Å². The van der Waals surface area contributed by atoms with Crippen molar-refractivity contribution in [1.29, 1.82) is 0 Å². The number of benzene rings is 1. The number of hydrogen-bond donors (Lipinski definition) is 2. The van der Waals surface area contributed by atoms with E-state index >= 15 is 0 Å². The van der Waals surface area contributed by atoms with Crippen LogP contribution in [0.4, 0.5) is 5.69 Å². The predicted molar refractivity (Wildman–Crippen MR) is 112 cm³/mol. The van der Waals surface area contributed by atoms with E-state index < -0.39 is 0 Å². The van der Waals surface area contributed by atoms with Crippen LogP contribution in [0.3, 0.4) is 0 Å². The highest BCUT2D eigenvalue weighted by Crippen LogP contribution is 2.10. The van der Waals surface area contributed by atoms with Gasteiger partial charge in [0.05, 0.1) is 0 Å². The maximum absolute atomic E-state index is 4.67. The Hall–Kier alpha value is -2.57. The van der Waals surface area contributed by atoms with E-state index in [0.717, 1.165) is 56.5 Å². The molecule has 7 heteroatoms. The van der Waals surface area contributed by atoms with E-state index in [9.17, 15) is 0 Å². The molecule has 1 aromatic carbocycles. The first-order valence-corrected chi connectivity index (χ1v) is 9.75. The van der Waals surface area contributed by atoms with Crippen molar-refractivity contribution in [2.75, 3.05) is 31.6 Å². The summed E-state index contributed by atoms with van der Waals surface area (Å²) >= 11 is 0. The fraction of sp³-hybridized carbons (Fsp3) is 0.550. The van der Waals surface area contributed by atoms with Crippen LogP contribution < -0.4 is 15.5 Å². The topological polar surface area (TPSA) is 70.4 Å². The number of nitrogens with zero attached hydrogens (tertiary/aromatic N) is 5. The molecule has 2 N–H and O–H groups in total. The molecule has 1 aromatic heterocycles. The number of para-hydroxylation sites is 1. The molecule has 27 heavy (non-hydrogen) atoms. The minimum atomic E-state index is 0.517. The Morgan fingerprint density at radius 3 is 2.44 bits per heavy atom. The third-order valence-electron chi connectivity index (χ3n) is 4.54. The first kappa shape index (κ1) is 20.7. The molecular formula is C20H33N7. The van der Waals surface area contributed by atoms with Crippen LogP contribution in [-0.2, 0) is 13.6 Å². The van der Waals surface area contributed by atoms with E-state index in [1.807, 2.05) is 24.6 Å². The second kappa shape index (κ2) is 11.2. The van der Waals surface area contributed by atoms with Gasteiger partial charge in [-0.3, -0.25) is 0 Å². The third kappa shape index (κ3) is 6.92. The van der Waals surface area contributed by atoms with Crippen molar-refractivity contribution in [3.05, 3.63) is 42.0 Å². The molecule has 0 saturated heterocycles. The van der Waals surface area contributed by atoms with E-state index in [2.05, 4.69) is 69.0 Å². The first-order chi connectivity index (χ1) is 13.1. The van der Waals surface area contributed by atoms with Gasteiger partial charge in [0, 0.05) is 39.4 Å². The van der Waals surface area contributed by atoms with Gasteiger partial charge in [-0.15, -0.1) is 10.2 Å². The lowest BCUT2D eigenvalue weighted by atomic mass is 10.3. The molecule has 1 heterocycles. The average Bonchev–Trinajstić information content (AvgIpc) is 3.01. The summed E-state index contributed by atoms with van der Waals surface area (Å²) in [5.74, 6) is 2.61. The molecule has 0 unspecified atom stereocenters. The summed E-state index contributed by atoms with van der Waals surface area (Å²) in [5.41, 5.74) is 1.24. The molecule has 0 atom stereocenters. The molecule has 148 valence electrons. The fourth-order valence-electron chi connectivity index (χ4n) is 2.63. The lowest BCUT2D eigenvalue weighted by molar-refractivity contribution is 0.696. The highest BCUT2D eigenvalue weighted by molar-refractivity contribution is 5.79. The van der Waals surface area contributed by atoms with Crippen LogP contribution in [0.2, 0.25) is 0 Å². The van der Waals surface area contributed by atoms with Crippen LogP contribution in [0.15, 0.2) is 35.3 Å². The number of hydrogen-bond acceptors (Lipinski definition) is 4. The molecule has 0 bridgehead atoms. The van der Waals surface area contributed by atoms with Crippen LogP contribution in [0.25, 0.3) is 0 Å². The van der Waals surface area contributed by atoms with Crippen molar-refractivity contribution < 1.29 is 0 Å². The van der Waals surface area contributed by atoms with Gasteiger partial charge in [-0.1, -0.05) is 31.5 Å². The number of aryl methyl sites for hydroxylation is 1. The van der Waals surface area contributed by atoms with Gasteiger partial charge in [-0.05, 0) is 31.9 Å². The van der Waals surface area contributed by atoms with Crippen LogP contribution in [0, 0.1) is 6.92 Å². The molecule has 2 aromatic rings. The number of rotatable bonds is 10. The SMILES string of the molecule is CCCCNC(=NCc1nnc(C)n1C)NCCCN(C)c1ccccc1. The summed E-state index contributed by atoms with van der Waals surface area (Å²) < 4.78 is 1.97. The summed E-state index contributed by atoms with van der Waals surface area (Å²) in [6.45, 7) is 7.43. The van der Waals surface area contributed by atoms with Crippen LogP contribution in [-0.4, -0.2) is 47.4 Å². The number of aromatic nitrogens is 3. The van der Waals surface area contributed by atoms with Crippen molar-refractivity contribution in [3.63, 3.8) is 0 Å². The van der Waals surface area contributed by atoms with Crippen molar-refractivity contribution in [1.82, 2.24) is 25.4 Å². The normalized spacial score (nSPS) is 11.5. The molecule has 7 nitrogen and oxygen atoms in total. The molecule has 2 rings (SSSR count). The van der Waals surface area contributed by atoms with Gasteiger partial charge < -0.3 is 20.1 Å². The molecule has 0 saturated carbocycles. The Kier molecular flexibility index (Phi) is 8.61. The largest absolute Gasteiger partial charge is 0.375 e. The smallest absolute Gasteiger partial charge is 0.191 e. The summed E-state index contributed by atoms with van der Waals surface area (Å²) in [6.07, 6.45) is 3.31. The Balaban J connectivity index is 1.82.